The van der Waals surface area contributed by atoms with Crippen LogP contribution in [-0.4, -0.2) is 24.7 Å². The zero-order valence-corrected chi connectivity index (χ0v) is 13.6. The fraction of sp³-hybridized carbons (Fsp3) is 0.316. The number of aromatic carboxylic acids is 1. The van der Waals surface area contributed by atoms with Gasteiger partial charge in [0.05, 0.1) is 12.7 Å². The van der Waals surface area contributed by atoms with Crippen molar-refractivity contribution in [2.24, 2.45) is 5.92 Å². The molecule has 0 saturated carbocycles. The van der Waals surface area contributed by atoms with Gasteiger partial charge in [0.25, 0.3) is 0 Å². The summed E-state index contributed by atoms with van der Waals surface area (Å²) in [5, 5.41) is 12.4. The number of methoxy groups -OCH3 is 1. The summed E-state index contributed by atoms with van der Waals surface area (Å²) in [5.41, 5.74) is 2.60. The monoisotopic (exact) mass is 313 g/mol. The first kappa shape index (κ1) is 17.0. The van der Waals surface area contributed by atoms with Crippen LogP contribution in [0.4, 0.5) is 0 Å². The average molecular weight is 313 g/mol. The third-order valence-electron chi connectivity index (χ3n) is 3.74. The molecule has 2 aromatic rings. The van der Waals surface area contributed by atoms with Crippen LogP contribution in [0.25, 0.3) is 0 Å². The Morgan fingerprint density at radius 1 is 1.17 bits per heavy atom. The summed E-state index contributed by atoms with van der Waals surface area (Å²) >= 11 is 0. The van der Waals surface area contributed by atoms with Crippen LogP contribution < -0.4 is 10.1 Å². The van der Waals surface area contributed by atoms with Crippen LogP contribution in [0.1, 0.15) is 28.4 Å². The first-order chi connectivity index (χ1) is 11.1. The van der Waals surface area contributed by atoms with Crippen molar-refractivity contribution in [1.29, 1.82) is 0 Å². The van der Waals surface area contributed by atoms with Crippen LogP contribution >= 0.6 is 0 Å². The maximum absolute atomic E-state index is 11.0. The molecule has 1 unspecified atom stereocenters. The average Bonchev–Trinajstić information content (AvgIpc) is 2.56. The fourth-order valence-corrected chi connectivity index (χ4v) is 2.51. The van der Waals surface area contributed by atoms with E-state index in [1.165, 1.54) is 5.56 Å². The van der Waals surface area contributed by atoms with E-state index in [2.05, 4.69) is 24.4 Å². The van der Waals surface area contributed by atoms with Gasteiger partial charge in [-0.15, -0.1) is 0 Å². The van der Waals surface area contributed by atoms with E-state index < -0.39 is 5.97 Å². The summed E-state index contributed by atoms with van der Waals surface area (Å²) < 4.78 is 5.16. The van der Waals surface area contributed by atoms with Crippen LogP contribution in [0.3, 0.4) is 0 Å². The minimum absolute atomic E-state index is 0.329. The molecule has 0 heterocycles. The Kier molecular flexibility index (Phi) is 6.18. The second kappa shape index (κ2) is 8.34. The summed E-state index contributed by atoms with van der Waals surface area (Å²) in [7, 11) is 1.67. The molecule has 0 radical (unpaired) electrons. The Morgan fingerprint density at radius 3 is 2.57 bits per heavy atom. The predicted octanol–water partition coefficient (Wildman–Crippen LogP) is 3.36. The van der Waals surface area contributed by atoms with Gasteiger partial charge in [-0.25, -0.2) is 4.79 Å². The second-order valence-corrected chi connectivity index (χ2v) is 5.79. The van der Waals surface area contributed by atoms with Crippen LogP contribution in [0, 0.1) is 5.92 Å². The highest BCUT2D eigenvalue weighted by Gasteiger charge is 2.06. The lowest BCUT2D eigenvalue weighted by molar-refractivity contribution is 0.0696. The van der Waals surface area contributed by atoms with Gasteiger partial charge in [-0.3, -0.25) is 0 Å². The highest BCUT2D eigenvalue weighted by Crippen LogP contribution is 2.14. The lowest BCUT2D eigenvalue weighted by atomic mass is 10.0. The summed E-state index contributed by atoms with van der Waals surface area (Å²) in [6, 6.07) is 15.2. The quantitative estimate of drug-likeness (QED) is 0.784. The van der Waals surface area contributed by atoms with E-state index in [1.54, 1.807) is 25.3 Å². The van der Waals surface area contributed by atoms with Gasteiger partial charge in [0.15, 0.2) is 0 Å². The Labute approximate surface area is 137 Å². The summed E-state index contributed by atoms with van der Waals surface area (Å²) in [5.74, 6) is 0.476. The number of hydrogen-bond acceptors (Lipinski definition) is 3. The summed E-state index contributed by atoms with van der Waals surface area (Å²) in [6.07, 6.45) is 0.992. The number of rotatable bonds is 8. The standard InChI is InChI=1S/C19H23NO3/c1-14(10-15-6-8-18(23-2)9-7-15)12-20-13-16-4-3-5-17(11-16)19(21)22/h3-9,11,14,20H,10,12-13H2,1-2H3,(H,21,22). The van der Waals surface area contributed by atoms with Crippen molar-refractivity contribution in [3.05, 3.63) is 65.2 Å². The van der Waals surface area contributed by atoms with Gasteiger partial charge < -0.3 is 15.2 Å². The normalized spacial score (nSPS) is 11.9. The van der Waals surface area contributed by atoms with Gasteiger partial charge in [-0.2, -0.15) is 0 Å². The molecule has 122 valence electrons. The minimum atomic E-state index is -0.889. The van der Waals surface area contributed by atoms with E-state index in [0.717, 1.165) is 24.3 Å². The molecule has 0 aliphatic rings. The zero-order valence-electron chi connectivity index (χ0n) is 13.6. The Hall–Kier alpha value is -2.33. The van der Waals surface area contributed by atoms with E-state index in [0.29, 0.717) is 18.0 Å². The number of ether oxygens (including phenoxy) is 1. The van der Waals surface area contributed by atoms with Crippen molar-refractivity contribution >= 4 is 5.97 Å². The van der Waals surface area contributed by atoms with Crippen molar-refractivity contribution in [2.45, 2.75) is 19.9 Å². The zero-order chi connectivity index (χ0) is 16.7. The number of carbonyl (C=O) groups is 1. The number of carboxylic acid groups (broad SMARTS) is 1. The van der Waals surface area contributed by atoms with Crippen molar-refractivity contribution in [3.63, 3.8) is 0 Å². The molecule has 0 bridgehead atoms. The molecule has 4 heteroatoms. The van der Waals surface area contributed by atoms with E-state index >= 15 is 0 Å². The predicted molar refractivity (Wildman–Crippen MR) is 91.0 cm³/mol. The van der Waals surface area contributed by atoms with E-state index in [9.17, 15) is 4.79 Å². The molecule has 2 aromatic carbocycles. The SMILES string of the molecule is COc1ccc(CC(C)CNCc2cccc(C(=O)O)c2)cc1. The van der Waals surface area contributed by atoms with Gasteiger partial charge in [0.2, 0.25) is 0 Å². The lowest BCUT2D eigenvalue weighted by Gasteiger charge is -2.13. The topological polar surface area (TPSA) is 58.6 Å². The van der Waals surface area contributed by atoms with Crippen LogP contribution in [0.2, 0.25) is 0 Å². The maximum Gasteiger partial charge on any atom is 0.335 e. The van der Waals surface area contributed by atoms with Gasteiger partial charge in [-0.1, -0.05) is 31.2 Å². The fourth-order valence-electron chi connectivity index (χ4n) is 2.51. The number of hydrogen-bond donors (Lipinski definition) is 2. The van der Waals surface area contributed by atoms with Crippen molar-refractivity contribution in [2.75, 3.05) is 13.7 Å². The molecule has 0 saturated heterocycles. The lowest BCUT2D eigenvalue weighted by Crippen LogP contribution is -2.22. The van der Waals surface area contributed by atoms with Crippen LogP contribution in [0.5, 0.6) is 5.75 Å². The molecule has 0 amide bonds. The largest absolute Gasteiger partial charge is 0.497 e. The second-order valence-electron chi connectivity index (χ2n) is 5.79. The molecular weight excluding hydrogens is 290 g/mol. The van der Waals surface area contributed by atoms with Crippen LogP contribution in [-0.2, 0) is 13.0 Å². The van der Waals surface area contributed by atoms with Gasteiger partial charge >= 0.3 is 5.97 Å². The molecule has 0 aliphatic carbocycles. The summed E-state index contributed by atoms with van der Waals surface area (Å²) in [6.45, 7) is 3.75. The third-order valence-corrected chi connectivity index (χ3v) is 3.74. The van der Waals surface area contributed by atoms with Crippen LogP contribution in [0.15, 0.2) is 48.5 Å². The molecule has 2 N–H and O–H groups in total. The number of nitrogens with one attached hydrogen (secondary N) is 1. The van der Waals surface area contributed by atoms with E-state index in [4.69, 9.17) is 9.84 Å². The first-order valence-corrected chi connectivity index (χ1v) is 7.74. The van der Waals surface area contributed by atoms with Gasteiger partial charge in [-0.05, 0) is 54.3 Å². The number of benzene rings is 2. The summed E-state index contributed by atoms with van der Waals surface area (Å²) in [4.78, 5) is 11.0. The highest BCUT2D eigenvalue weighted by molar-refractivity contribution is 5.87. The molecule has 1 atom stereocenters. The Balaban J connectivity index is 1.79. The Morgan fingerprint density at radius 2 is 1.91 bits per heavy atom. The highest BCUT2D eigenvalue weighted by atomic mass is 16.5. The minimum Gasteiger partial charge on any atom is -0.497 e. The maximum atomic E-state index is 11.0. The number of carboxylic acids is 1. The van der Waals surface area contributed by atoms with Crippen molar-refractivity contribution < 1.29 is 14.6 Å². The van der Waals surface area contributed by atoms with E-state index in [-0.39, 0.29) is 0 Å². The Bertz CT molecular complexity index is 637. The molecule has 4 nitrogen and oxygen atoms in total. The molecule has 2 rings (SSSR count). The molecule has 0 aromatic heterocycles. The smallest absolute Gasteiger partial charge is 0.335 e. The third kappa shape index (κ3) is 5.42. The van der Waals surface area contributed by atoms with Crippen molar-refractivity contribution in [3.8, 4) is 5.75 Å². The molecule has 0 spiro atoms. The molecular formula is C19H23NO3. The molecule has 23 heavy (non-hydrogen) atoms. The van der Waals surface area contributed by atoms with Crippen molar-refractivity contribution in [1.82, 2.24) is 5.32 Å². The van der Waals surface area contributed by atoms with E-state index in [1.807, 2.05) is 18.2 Å². The van der Waals surface area contributed by atoms with Gasteiger partial charge in [0.1, 0.15) is 5.75 Å². The van der Waals surface area contributed by atoms with Gasteiger partial charge in [0, 0.05) is 6.54 Å². The molecule has 0 fully saturated rings. The first-order valence-electron chi connectivity index (χ1n) is 7.74. The molecule has 0 aliphatic heterocycles.